The van der Waals surface area contributed by atoms with Crippen LogP contribution in [0.4, 0.5) is 0 Å². The van der Waals surface area contributed by atoms with E-state index in [1.165, 1.54) is 6.33 Å². The van der Waals surface area contributed by atoms with Crippen LogP contribution in [0.25, 0.3) is 0 Å². The first-order chi connectivity index (χ1) is 6.77. The van der Waals surface area contributed by atoms with Crippen molar-refractivity contribution in [3.8, 4) is 0 Å². The molecule has 2 rings (SSSR count). The second kappa shape index (κ2) is 3.77. The van der Waals surface area contributed by atoms with Crippen molar-refractivity contribution in [3.05, 3.63) is 47.0 Å². The first kappa shape index (κ1) is 9.18. The Kier molecular flexibility index (Phi) is 2.47. The average molecular weight is 209 g/mol. The molecule has 4 nitrogen and oxygen atoms in total. The number of rotatable bonds is 2. The molecular formula is C9H9ClN4. The molecular weight excluding hydrogens is 200 g/mol. The Labute approximate surface area is 86.1 Å². The summed E-state index contributed by atoms with van der Waals surface area (Å²) in [7, 11) is 0. The lowest BCUT2D eigenvalue weighted by atomic mass is 10.1. The molecule has 14 heavy (non-hydrogen) atoms. The van der Waals surface area contributed by atoms with Gasteiger partial charge in [0.15, 0.2) is 0 Å². The number of hydrogen-bond donors (Lipinski definition) is 2. The van der Waals surface area contributed by atoms with Gasteiger partial charge in [-0.2, -0.15) is 5.10 Å². The summed E-state index contributed by atoms with van der Waals surface area (Å²) >= 11 is 5.76. The molecule has 0 amide bonds. The lowest BCUT2D eigenvalue weighted by Gasteiger charge is -2.07. The van der Waals surface area contributed by atoms with E-state index in [-0.39, 0.29) is 6.04 Å². The monoisotopic (exact) mass is 208 g/mol. The van der Waals surface area contributed by atoms with Crippen molar-refractivity contribution < 1.29 is 0 Å². The van der Waals surface area contributed by atoms with Crippen LogP contribution in [0.5, 0.6) is 0 Å². The molecule has 0 spiro atoms. The van der Waals surface area contributed by atoms with Crippen LogP contribution in [-0.4, -0.2) is 15.2 Å². The molecule has 1 aromatic carbocycles. The SMILES string of the molecule is NC(c1ccc(Cl)cc1)c1ncn[nH]1. The number of benzene rings is 1. The first-order valence-electron chi connectivity index (χ1n) is 4.13. The highest BCUT2D eigenvalue weighted by atomic mass is 35.5. The summed E-state index contributed by atoms with van der Waals surface area (Å²) in [6.07, 6.45) is 1.44. The van der Waals surface area contributed by atoms with E-state index in [2.05, 4.69) is 15.2 Å². The van der Waals surface area contributed by atoms with E-state index in [1.54, 1.807) is 12.1 Å². The molecule has 0 aliphatic carbocycles. The summed E-state index contributed by atoms with van der Waals surface area (Å²) < 4.78 is 0. The number of nitrogens with one attached hydrogen (secondary N) is 1. The number of nitrogens with zero attached hydrogens (tertiary/aromatic N) is 2. The van der Waals surface area contributed by atoms with E-state index in [0.29, 0.717) is 10.8 Å². The van der Waals surface area contributed by atoms with Crippen LogP contribution >= 0.6 is 11.6 Å². The number of nitrogens with two attached hydrogens (primary N) is 1. The largest absolute Gasteiger partial charge is 0.318 e. The Bertz CT molecular complexity index is 395. The lowest BCUT2D eigenvalue weighted by Crippen LogP contribution is -2.13. The molecule has 0 bridgehead atoms. The Hall–Kier alpha value is -1.39. The predicted octanol–water partition coefficient (Wildman–Crippen LogP) is 1.51. The number of aromatic amines is 1. The van der Waals surface area contributed by atoms with E-state index in [0.717, 1.165) is 5.56 Å². The van der Waals surface area contributed by atoms with Gasteiger partial charge in [0.25, 0.3) is 0 Å². The van der Waals surface area contributed by atoms with E-state index in [9.17, 15) is 0 Å². The van der Waals surface area contributed by atoms with Gasteiger partial charge in [-0.15, -0.1) is 0 Å². The van der Waals surface area contributed by atoms with Gasteiger partial charge in [0.2, 0.25) is 0 Å². The molecule has 0 radical (unpaired) electrons. The smallest absolute Gasteiger partial charge is 0.145 e. The molecule has 0 saturated heterocycles. The van der Waals surface area contributed by atoms with Gasteiger partial charge in [0, 0.05) is 5.02 Å². The molecule has 1 heterocycles. The molecule has 5 heteroatoms. The van der Waals surface area contributed by atoms with E-state index < -0.39 is 0 Å². The van der Waals surface area contributed by atoms with Crippen LogP contribution in [0.15, 0.2) is 30.6 Å². The maximum Gasteiger partial charge on any atom is 0.145 e. The third kappa shape index (κ3) is 1.76. The second-order valence-corrected chi connectivity index (χ2v) is 3.34. The molecule has 72 valence electrons. The Balaban J connectivity index is 2.28. The predicted molar refractivity (Wildman–Crippen MR) is 53.9 cm³/mol. The fourth-order valence-electron chi connectivity index (χ4n) is 1.19. The fourth-order valence-corrected chi connectivity index (χ4v) is 1.32. The molecule has 1 unspecified atom stereocenters. The van der Waals surface area contributed by atoms with Gasteiger partial charge in [0.1, 0.15) is 12.2 Å². The number of aromatic nitrogens is 3. The minimum Gasteiger partial charge on any atom is -0.318 e. The van der Waals surface area contributed by atoms with Crippen molar-refractivity contribution in [1.29, 1.82) is 0 Å². The number of H-pyrrole nitrogens is 1. The maximum atomic E-state index is 5.93. The Morgan fingerprint density at radius 3 is 2.57 bits per heavy atom. The van der Waals surface area contributed by atoms with Gasteiger partial charge < -0.3 is 5.73 Å². The molecule has 0 aliphatic heterocycles. The highest BCUT2D eigenvalue weighted by Crippen LogP contribution is 2.17. The minimum absolute atomic E-state index is 0.283. The summed E-state index contributed by atoms with van der Waals surface area (Å²) in [5.41, 5.74) is 6.88. The average Bonchev–Trinajstić information content (AvgIpc) is 2.71. The fraction of sp³-hybridized carbons (Fsp3) is 0.111. The molecule has 0 aliphatic rings. The van der Waals surface area contributed by atoms with E-state index in [4.69, 9.17) is 17.3 Å². The van der Waals surface area contributed by atoms with Gasteiger partial charge >= 0.3 is 0 Å². The zero-order valence-corrected chi connectivity index (χ0v) is 8.07. The van der Waals surface area contributed by atoms with Crippen LogP contribution in [0.1, 0.15) is 17.4 Å². The molecule has 2 aromatic rings. The standard InChI is InChI=1S/C9H9ClN4/c10-7-3-1-6(2-4-7)8(11)9-12-5-13-14-9/h1-5,8H,11H2,(H,12,13,14). The lowest BCUT2D eigenvalue weighted by molar-refractivity contribution is 0.787. The van der Waals surface area contributed by atoms with Gasteiger partial charge in [-0.25, -0.2) is 4.98 Å². The minimum atomic E-state index is -0.283. The highest BCUT2D eigenvalue weighted by Gasteiger charge is 2.10. The van der Waals surface area contributed by atoms with Gasteiger partial charge in [-0.3, -0.25) is 5.10 Å². The van der Waals surface area contributed by atoms with Crippen molar-refractivity contribution in [2.75, 3.05) is 0 Å². The zero-order chi connectivity index (χ0) is 9.97. The van der Waals surface area contributed by atoms with Crippen LogP contribution < -0.4 is 5.73 Å². The summed E-state index contributed by atoms with van der Waals surface area (Å²) in [5.74, 6) is 0.646. The van der Waals surface area contributed by atoms with Gasteiger partial charge in [0.05, 0.1) is 6.04 Å². The van der Waals surface area contributed by atoms with Crippen molar-refractivity contribution >= 4 is 11.6 Å². The molecule has 3 N–H and O–H groups in total. The van der Waals surface area contributed by atoms with Crippen LogP contribution in [-0.2, 0) is 0 Å². The molecule has 1 aromatic heterocycles. The van der Waals surface area contributed by atoms with Crippen LogP contribution in [0.3, 0.4) is 0 Å². The third-order valence-electron chi connectivity index (χ3n) is 1.96. The second-order valence-electron chi connectivity index (χ2n) is 2.90. The van der Waals surface area contributed by atoms with Crippen LogP contribution in [0, 0.1) is 0 Å². The Morgan fingerprint density at radius 1 is 1.29 bits per heavy atom. The zero-order valence-electron chi connectivity index (χ0n) is 7.31. The van der Waals surface area contributed by atoms with E-state index in [1.807, 2.05) is 12.1 Å². The van der Waals surface area contributed by atoms with Crippen molar-refractivity contribution in [1.82, 2.24) is 15.2 Å². The maximum absolute atomic E-state index is 5.93. The molecule has 0 fully saturated rings. The van der Waals surface area contributed by atoms with Gasteiger partial charge in [-0.1, -0.05) is 23.7 Å². The van der Waals surface area contributed by atoms with Crippen molar-refractivity contribution in [3.63, 3.8) is 0 Å². The first-order valence-corrected chi connectivity index (χ1v) is 4.51. The third-order valence-corrected chi connectivity index (χ3v) is 2.21. The summed E-state index contributed by atoms with van der Waals surface area (Å²) in [6, 6.07) is 7.06. The summed E-state index contributed by atoms with van der Waals surface area (Å²) in [4.78, 5) is 3.99. The van der Waals surface area contributed by atoms with Crippen LogP contribution in [0.2, 0.25) is 5.02 Å². The van der Waals surface area contributed by atoms with Crippen molar-refractivity contribution in [2.24, 2.45) is 5.73 Å². The molecule has 1 atom stereocenters. The normalized spacial score (nSPS) is 12.7. The summed E-state index contributed by atoms with van der Waals surface area (Å²) in [5, 5.41) is 7.17. The highest BCUT2D eigenvalue weighted by molar-refractivity contribution is 6.30. The number of halogens is 1. The number of hydrogen-bond acceptors (Lipinski definition) is 3. The van der Waals surface area contributed by atoms with E-state index >= 15 is 0 Å². The Morgan fingerprint density at radius 2 is 2.00 bits per heavy atom. The molecule has 0 saturated carbocycles. The van der Waals surface area contributed by atoms with Gasteiger partial charge in [-0.05, 0) is 17.7 Å². The van der Waals surface area contributed by atoms with Crippen molar-refractivity contribution in [2.45, 2.75) is 6.04 Å². The summed E-state index contributed by atoms with van der Waals surface area (Å²) in [6.45, 7) is 0. The topological polar surface area (TPSA) is 67.6 Å². The quantitative estimate of drug-likeness (QED) is 0.786.